The largest absolute Gasteiger partial charge is 0.385 e. The first-order valence-electron chi connectivity index (χ1n) is 12.2. The summed E-state index contributed by atoms with van der Waals surface area (Å²) in [7, 11) is 0. The van der Waals surface area contributed by atoms with Crippen LogP contribution in [0.4, 0.5) is 0 Å². The van der Waals surface area contributed by atoms with Gasteiger partial charge in [0.2, 0.25) is 0 Å². The molecule has 0 aliphatic heterocycles. The molecule has 1 heteroatoms. The van der Waals surface area contributed by atoms with Crippen molar-refractivity contribution in [3.8, 4) is 0 Å². The molecule has 0 atom stereocenters. The highest BCUT2D eigenvalue weighted by molar-refractivity contribution is 5.28. The van der Waals surface area contributed by atoms with Crippen LogP contribution in [0.1, 0.15) is 89.9 Å². The third-order valence-corrected chi connectivity index (χ3v) is 6.03. The molecule has 160 valence electrons. The van der Waals surface area contributed by atoms with Gasteiger partial charge in [0, 0.05) is 12.2 Å². The van der Waals surface area contributed by atoms with E-state index in [-0.39, 0.29) is 0 Å². The fourth-order valence-electron chi connectivity index (χ4n) is 4.27. The van der Waals surface area contributed by atoms with E-state index < -0.39 is 0 Å². The normalized spacial score (nSPS) is 24.5. The molecule has 1 N–H and O–H groups in total. The third-order valence-electron chi connectivity index (χ3n) is 6.03. The summed E-state index contributed by atoms with van der Waals surface area (Å²) in [6.07, 6.45) is 43.1. The SMILES string of the molecule is C1=C\C=C/C=C(NCCCCCCC2CCCCCCCCC2)\C=C/C=C/C=C1. The molecule has 0 saturated heterocycles. The number of unbranched alkanes of at least 4 members (excludes halogenated alkanes) is 3. The van der Waals surface area contributed by atoms with Crippen molar-refractivity contribution < 1.29 is 0 Å². The quantitative estimate of drug-likeness (QED) is 0.408. The fourth-order valence-corrected chi connectivity index (χ4v) is 4.27. The molecule has 0 aromatic carbocycles. The predicted molar refractivity (Wildman–Crippen MR) is 130 cm³/mol. The maximum Gasteiger partial charge on any atom is 0.0340 e. The van der Waals surface area contributed by atoms with Gasteiger partial charge in [-0.05, 0) is 24.5 Å². The van der Waals surface area contributed by atoms with Gasteiger partial charge in [0.1, 0.15) is 0 Å². The highest BCUT2D eigenvalue weighted by Crippen LogP contribution is 2.25. The highest BCUT2D eigenvalue weighted by Gasteiger charge is 2.09. The van der Waals surface area contributed by atoms with Crippen molar-refractivity contribution in [1.82, 2.24) is 5.32 Å². The van der Waals surface area contributed by atoms with Gasteiger partial charge < -0.3 is 5.32 Å². The Balaban J connectivity index is 1.58. The van der Waals surface area contributed by atoms with Crippen LogP contribution in [-0.2, 0) is 0 Å². The van der Waals surface area contributed by atoms with Crippen LogP contribution in [0.3, 0.4) is 0 Å². The van der Waals surface area contributed by atoms with Gasteiger partial charge in [-0.1, -0.05) is 138 Å². The van der Waals surface area contributed by atoms with Crippen molar-refractivity contribution in [3.05, 3.63) is 72.5 Å². The summed E-state index contributed by atoms with van der Waals surface area (Å²) < 4.78 is 0. The van der Waals surface area contributed by atoms with Crippen molar-refractivity contribution in [2.24, 2.45) is 5.92 Å². The van der Waals surface area contributed by atoms with Crippen LogP contribution >= 0.6 is 0 Å². The summed E-state index contributed by atoms with van der Waals surface area (Å²) in [5.74, 6) is 1.02. The first-order valence-corrected chi connectivity index (χ1v) is 12.2. The Bertz CT molecular complexity index is 563. The Morgan fingerprint density at radius 2 is 1.14 bits per heavy atom. The highest BCUT2D eigenvalue weighted by atomic mass is 14.9. The Kier molecular flexibility index (Phi) is 13.9. The van der Waals surface area contributed by atoms with E-state index in [2.05, 4.69) is 53.9 Å². The molecule has 1 saturated carbocycles. The van der Waals surface area contributed by atoms with E-state index in [1.165, 1.54) is 95.6 Å². The second-order valence-electron chi connectivity index (χ2n) is 8.57. The van der Waals surface area contributed by atoms with E-state index in [1.807, 2.05) is 18.2 Å². The Hall–Kier alpha value is -1.76. The first kappa shape index (κ1) is 23.5. The van der Waals surface area contributed by atoms with Crippen molar-refractivity contribution >= 4 is 0 Å². The molecule has 0 heterocycles. The molecule has 0 radical (unpaired) electrons. The van der Waals surface area contributed by atoms with Crippen molar-refractivity contribution in [1.29, 1.82) is 0 Å². The molecular formula is C28H43N. The van der Waals surface area contributed by atoms with E-state index >= 15 is 0 Å². The lowest BCUT2D eigenvalue weighted by atomic mass is 9.88. The molecule has 0 bridgehead atoms. The molecule has 0 spiro atoms. The van der Waals surface area contributed by atoms with Gasteiger partial charge in [-0.15, -0.1) is 0 Å². The maximum atomic E-state index is 3.59. The number of nitrogens with one attached hydrogen (secondary N) is 1. The average molecular weight is 394 g/mol. The molecule has 2 aliphatic carbocycles. The smallest absolute Gasteiger partial charge is 0.0340 e. The lowest BCUT2D eigenvalue weighted by Crippen LogP contribution is -2.13. The van der Waals surface area contributed by atoms with Gasteiger partial charge in [-0.3, -0.25) is 0 Å². The zero-order valence-corrected chi connectivity index (χ0v) is 18.5. The van der Waals surface area contributed by atoms with Crippen LogP contribution in [0, 0.1) is 5.92 Å². The van der Waals surface area contributed by atoms with Gasteiger partial charge in [0.05, 0.1) is 0 Å². The minimum absolute atomic E-state index is 1.02. The van der Waals surface area contributed by atoms with E-state index in [4.69, 9.17) is 0 Å². The van der Waals surface area contributed by atoms with Gasteiger partial charge in [-0.25, -0.2) is 0 Å². The average Bonchev–Trinajstić information content (AvgIpc) is 2.73. The second kappa shape index (κ2) is 17.1. The molecule has 1 fully saturated rings. The van der Waals surface area contributed by atoms with Gasteiger partial charge in [0.15, 0.2) is 0 Å². The molecule has 2 aliphatic rings. The Labute approximate surface area is 180 Å². The lowest BCUT2D eigenvalue weighted by molar-refractivity contribution is 0.356. The molecule has 0 unspecified atom stereocenters. The molecule has 29 heavy (non-hydrogen) atoms. The minimum atomic E-state index is 1.02. The van der Waals surface area contributed by atoms with E-state index in [9.17, 15) is 0 Å². The predicted octanol–water partition coefficient (Wildman–Crippen LogP) is 8.35. The van der Waals surface area contributed by atoms with Crippen molar-refractivity contribution in [2.75, 3.05) is 6.54 Å². The topological polar surface area (TPSA) is 12.0 Å². The maximum absolute atomic E-state index is 3.59. The van der Waals surface area contributed by atoms with Crippen LogP contribution in [0.2, 0.25) is 0 Å². The molecule has 2 rings (SSSR count). The summed E-state index contributed by atoms with van der Waals surface area (Å²) in [4.78, 5) is 0. The summed E-state index contributed by atoms with van der Waals surface area (Å²) in [6, 6.07) is 0. The Morgan fingerprint density at radius 3 is 1.83 bits per heavy atom. The van der Waals surface area contributed by atoms with Gasteiger partial charge in [0.25, 0.3) is 0 Å². The molecule has 1 nitrogen and oxygen atoms in total. The fraction of sp³-hybridized carbons (Fsp3) is 0.571. The summed E-state index contributed by atoms with van der Waals surface area (Å²) in [5, 5.41) is 3.59. The third kappa shape index (κ3) is 13.2. The van der Waals surface area contributed by atoms with Crippen molar-refractivity contribution in [3.63, 3.8) is 0 Å². The van der Waals surface area contributed by atoms with Crippen LogP contribution in [0.15, 0.2) is 72.5 Å². The zero-order valence-electron chi connectivity index (χ0n) is 18.5. The number of hydrogen-bond acceptors (Lipinski definition) is 1. The standard InChI is InChI=1S/C28H43N/c1-2-7-11-18-24-28(25-19-12-8-3-1)29-26-20-14-13-17-23-27-21-15-9-5-4-6-10-16-22-27/h1-3,7-8,11-12,18-19,24-25,27,29H,4-6,9-10,13-17,20-23,26H2/b2-1?,3-1?,7-2?,8-3?,11-7+,12-8?,18-11?,19-12-,24-18-,25-19?,28-24?,28-25+. The zero-order chi connectivity index (χ0) is 20.2. The summed E-state index contributed by atoms with van der Waals surface area (Å²) in [5.41, 5.74) is 1.19. The van der Waals surface area contributed by atoms with Crippen molar-refractivity contribution in [2.45, 2.75) is 89.9 Å². The summed E-state index contributed by atoms with van der Waals surface area (Å²) in [6.45, 7) is 1.06. The van der Waals surface area contributed by atoms with Crippen LogP contribution in [-0.4, -0.2) is 6.54 Å². The first-order chi connectivity index (χ1) is 14.4. The molecular weight excluding hydrogens is 350 g/mol. The summed E-state index contributed by atoms with van der Waals surface area (Å²) >= 11 is 0. The molecule has 0 aromatic heterocycles. The second-order valence-corrected chi connectivity index (χ2v) is 8.57. The minimum Gasteiger partial charge on any atom is -0.385 e. The monoisotopic (exact) mass is 393 g/mol. The van der Waals surface area contributed by atoms with E-state index in [0.717, 1.165) is 12.5 Å². The lowest BCUT2D eigenvalue weighted by Gasteiger charge is -2.18. The number of allylic oxidation sites excluding steroid dienone is 11. The van der Waals surface area contributed by atoms with Crippen LogP contribution in [0.25, 0.3) is 0 Å². The number of hydrogen-bond donors (Lipinski definition) is 1. The van der Waals surface area contributed by atoms with E-state index in [1.54, 1.807) is 0 Å². The van der Waals surface area contributed by atoms with Crippen LogP contribution < -0.4 is 5.32 Å². The van der Waals surface area contributed by atoms with Gasteiger partial charge >= 0.3 is 0 Å². The van der Waals surface area contributed by atoms with Gasteiger partial charge in [-0.2, -0.15) is 0 Å². The van der Waals surface area contributed by atoms with E-state index in [0.29, 0.717) is 0 Å². The molecule has 0 amide bonds. The van der Waals surface area contributed by atoms with Crippen LogP contribution in [0.5, 0.6) is 0 Å². The Morgan fingerprint density at radius 1 is 0.586 bits per heavy atom. The number of rotatable bonds is 8. The molecule has 0 aromatic rings.